The smallest absolute Gasteiger partial charge is 0.352 e. The molecule has 0 aliphatic carbocycles. The minimum absolute atomic E-state index is 0.0932. The molecular formula is C13H17IN2O3. The molecule has 5 nitrogen and oxygen atoms in total. The van der Waals surface area contributed by atoms with Crippen molar-refractivity contribution >= 4 is 28.6 Å². The number of fused-ring (bicyclic) bond motifs is 1. The van der Waals surface area contributed by atoms with E-state index in [1.54, 1.807) is 10.6 Å². The fraction of sp³-hybridized carbons (Fsp3) is 0.615. The molecule has 3 heterocycles. The summed E-state index contributed by atoms with van der Waals surface area (Å²) < 4.78 is 8.63. The van der Waals surface area contributed by atoms with Gasteiger partial charge in [-0.25, -0.2) is 4.79 Å². The molecule has 2 aliphatic rings. The molecule has 3 rings (SSSR count). The van der Waals surface area contributed by atoms with E-state index >= 15 is 0 Å². The molecule has 1 aromatic heterocycles. The quantitative estimate of drug-likeness (QED) is 0.816. The summed E-state index contributed by atoms with van der Waals surface area (Å²) in [4.78, 5) is 13.7. The monoisotopic (exact) mass is 376 g/mol. The Balaban J connectivity index is 1.70. The predicted octanol–water partition coefficient (Wildman–Crippen LogP) is 1.65. The van der Waals surface area contributed by atoms with Crippen LogP contribution in [0.2, 0.25) is 0 Å². The van der Waals surface area contributed by atoms with Crippen LogP contribution in [0.4, 0.5) is 0 Å². The van der Waals surface area contributed by atoms with Crippen molar-refractivity contribution in [2.24, 2.45) is 0 Å². The van der Waals surface area contributed by atoms with Crippen molar-refractivity contribution in [3.8, 4) is 0 Å². The molecule has 0 radical (unpaired) electrons. The maximum Gasteiger partial charge on any atom is 0.352 e. The Kier molecular flexibility index (Phi) is 3.81. The number of carbonyl (C=O) groups is 1. The highest BCUT2D eigenvalue weighted by molar-refractivity contribution is 14.1. The van der Waals surface area contributed by atoms with Gasteiger partial charge < -0.3 is 14.4 Å². The minimum atomic E-state index is -0.877. The van der Waals surface area contributed by atoms with E-state index in [2.05, 4.69) is 27.5 Å². The van der Waals surface area contributed by atoms with Crippen LogP contribution in [-0.2, 0) is 11.3 Å². The van der Waals surface area contributed by atoms with Crippen molar-refractivity contribution in [3.05, 3.63) is 21.5 Å². The molecule has 19 heavy (non-hydrogen) atoms. The van der Waals surface area contributed by atoms with Crippen LogP contribution in [0.3, 0.4) is 0 Å². The van der Waals surface area contributed by atoms with E-state index in [0.29, 0.717) is 18.3 Å². The molecule has 1 N–H and O–H groups in total. The van der Waals surface area contributed by atoms with Crippen LogP contribution in [0.5, 0.6) is 0 Å². The predicted molar refractivity (Wildman–Crippen MR) is 78.4 cm³/mol. The molecule has 0 spiro atoms. The van der Waals surface area contributed by atoms with E-state index in [0.717, 1.165) is 23.3 Å². The third-order valence-corrected chi connectivity index (χ3v) is 4.53. The number of halogens is 1. The van der Waals surface area contributed by atoms with E-state index in [1.807, 2.05) is 6.20 Å². The highest BCUT2D eigenvalue weighted by atomic mass is 127. The lowest BCUT2D eigenvalue weighted by atomic mass is 10.2. The summed E-state index contributed by atoms with van der Waals surface area (Å²) in [5, 5.41) is 9.18. The zero-order valence-electron chi connectivity index (χ0n) is 10.6. The molecule has 2 saturated heterocycles. The van der Waals surface area contributed by atoms with Crippen LogP contribution in [0.15, 0.2) is 12.3 Å². The number of nitrogens with zero attached hydrogens (tertiary/aromatic N) is 2. The summed E-state index contributed by atoms with van der Waals surface area (Å²) in [7, 11) is 0. The Hall–Kier alpha value is -0.600. The number of hydrogen-bond donors (Lipinski definition) is 1. The van der Waals surface area contributed by atoms with Crippen LogP contribution >= 0.6 is 22.6 Å². The largest absolute Gasteiger partial charge is 0.477 e. The molecule has 2 aliphatic heterocycles. The fourth-order valence-electron chi connectivity index (χ4n) is 3.02. The summed E-state index contributed by atoms with van der Waals surface area (Å²) in [6, 6.07) is 2.28. The highest BCUT2D eigenvalue weighted by Gasteiger charge is 2.32. The molecule has 2 atom stereocenters. The average Bonchev–Trinajstić information content (AvgIpc) is 2.95. The number of morpholine rings is 1. The molecular weight excluding hydrogens is 359 g/mol. The van der Waals surface area contributed by atoms with Gasteiger partial charge in [0, 0.05) is 22.4 Å². The van der Waals surface area contributed by atoms with E-state index in [1.165, 1.54) is 12.8 Å². The minimum Gasteiger partial charge on any atom is -0.477 e. The van der Waals surface area contributed by atoms with Crippen molar-refractivity contribution in [1.29, 1.82) is 0 Å². The SMILES string of the molecule is O=C(O)c1cc(I)cn1CC1CN2CCCC2CO1. The van der Waals surface area contributed by atoms with Gasteiger partial charge in [-0.15, -0.1) is 0 Å². The molecule has 0 bridgehead atoms. The number of ether oxygens (including phenoxy) is 1. The molecule has 6 heteroatoms. The Bertz CT molecular complexity index is 488. The van der Waals surface area contributed by atoms with E-state index in [-0.39, 0.29) is 6.10 Å². The van der Waals surface area contributed by atoms with Crippen molar-refractivity contribution in [3.63, 3.8) is 0 Å². The van der Waals surface area contributed by atoms with Gasteiger partial charge >= 0.3 is 5.97 Å². The van der Waals surface area contributed by atoms with Gasteiger partial charge in [0.1, 0.15) is 5.69 Å². The van der Waals surface area contributed by atoms with Gasteiger partial charge in [0.15, 0.2) is 0 Å². The zero-order valence-corrected chi connectivity index (χ0v) is 12.7. The van der Waals surface area contributed by atoms with Crippen LogP contribution < -0.4 is 0 Å². The van der Waals surface area contributed by atoms with Gasteiger partial charge in [-0.3, -0.25) is 4.90 Å². The first-order valence-electron chi connectivity index (χ1n) is 6.58. The summed E-state index contributed by atoms with van der Waals surface area (Å²) >= 11 is 2.14. The van der Waals surface area contributed by atoms with E-state index < -0.39 is 5.97 Å². The number of aromatic carboxylic acids is 1. The fourth-order valence-corrected chi connectivity index (χ4v) is 3.65. The lowest BCUT2D eigenvalue weighted by molar-refractivity contribution is -0.0553. The first-order chi connectivity index (χ1) is 9.13. The van der Waals surface area contributed by atoms with Crippen molar-refractivity contribution in [1.82, 2.24) is 9.47 Å². The number of carboxylic acids is 1. The number of rotatable bonds is 3. The van der Waals surface area contributed by atoms with Gasteiger partial charge in [-0.05, 0) is 48.0 Å². The molecule has 0 saturated carbocycles. The van der Waals surface area contributed by atoms with E-state index in [4.69, 9.17) is 4.74 Å². The van der Waals surface area contributed by atoms with Crippen LogP contribution in [0.1, 0.15) is 23.3 Å². The second-order valence-electron chi connectivity index (χ2n) is 5.25. The first kappa shape index (κ1) is 13.4. The molecule has 1 aromatic rings. The maximum atomic E-state index is 11.2. The Labute approximate surface area is 125 Å². The van der Waals surface area contributed by atoms with Crippen LogP contribution in [0.25, 0.3) is 0 Å². The lowest BCUT2D eigenvalue weighted by Gasteiger charge is -2.35. The second kappa shape index (κ2) is 5.41. The zero-order chi connectivity index (χ0) is 13.4. The van der Waals surface area contributed by atoms with Crippen LogP contribution in [0, 0.1) is 3.57 Å². The number of hydrogen-bond acceptors (Lipinski definition) is 3. The van der Waals surface area contributed by atoms with Crippen molar-refractivity contribution in [2.45, 2.75) is 31.5 Å². The van der Waals surface area contributed by atoms with Gasteiger partial charge in [0.2, 0.25) is 0 Å². The van der Waals surface area contributed by atoms with E-state index in [9.17, 15) is 9.90 Å². The molecule has 0 amide bonds. The number of carboxylic acid groups (broad SMARTS) is 1. The molecule has 2 unspecified atom stereocenters. The number of aromatic nitrogens is 1. The second-order valence-corrected chi connectivity index (χ2v) is 6.49. The van der Waals surface area contributed by atoms with Gasteiger partial charge in [0.05, 0.1) is 19.3 Å². The Morgan fingerprint density at radius 2 is 2.42 bits per heavy atom. The lowest BCUT2D eigenvalue weighted by Crippen LogP contribution is -2.47. The Morgan fingerprint density at radius 3 is 3.21 bits per heavy atom. The summed E-state index contributed by atoms with van der Waals surface area (Å²) in [5.41, 5.74) is 0.344. The van der Waals surface area contributed by atoms with Crippen molar-refractivity contribution in [2.75, 3.05) is 19.7 Å². The van der Waals surface area contributed by atoms with Crippen LogP contribution in [-0.4, -0.2) is 52.4 Å². The molecule has 104 valence electrons. The first-order valence-corrected chi connectivity index (χ1v) is 7.66. The summed E-state index contributed by atoms with van der Waals surface area (Å²) in [6.45, 7) is 3.47. The maximum absolute atomic E-state index is 11.2. The third kappa shape index (κ3) is 2.80. The highest BCUT2D eigenvalue weighted by Crippen LogP contribution is 2.23. The van der Waals surface area contributed by atoms with Crippen molar-refractivity contribution < 1.29 is 14.6 Å². The summed E-state index contributed by atoms with van der Waals surface area (Å²) in [6.07, 6.45) is 4.45. The van der Waals surface area contributed by atoms with Gasteiger partial charge in [0.25, 0.3) is 0 Å². The third-order valence-electron chi connectivity index (χ3n) is 3.94. The topological polar surface area (TPSA) is 54.7 Å². The van der Waals surface area contributed by atoms with Gasteiger partial charge in [-0.1, -0.05) is 0 Å². The Morgan fingerprint density at radius 1 is 1.58 bits per heavy atom. The molecule has 0 aromatic carbocycles. The van der Waals surface area contributed by atoms with Gasteiger partial charge in [-0.2, -0.15) is 0 Å². The molecule has 2 fully saturated rings. The average molecular weight is 376 g/mol. The normalized spacial score (nSPS) is 27.4. The standard InChI is InChI=1S/C13H17IN2O3/c14-9-4-12(13(17)18)16(5-9)7-11-6-15-3-1-2-10(15)8-19-11/h4-5,10-11H,1-3,6-8H2,(H,17,18). The summed E-state index contributed by atoms with van der Waals surface area (Å²) in [5.74, 6) is -0.877.